The maximum Gasteiger partial charge on any atom is 0.270 e. The topological polar surface area (TPSA) is 88.3 Å². The standard InChI is InChI=1S/C16H23FN4O2/c1-10(18)16(23)21-8-6-12(7-9-21)11(2)19-15(22)13-4-3-5-14(17)20-13/h3-5,10-12H,6-9,18H2,1-2H3,(H,19,22)/t10-,11?/m0/s1. The Morgan fingerprint density at radius 1 is 1.35 bits per heavy atom. The summed E-state index contributed by atoms with van der Waals surface area (Å²) in [5.41, 5.74) is 5.69. The average molecular weight is 322 g/mol. The Morgan fingerprint density at radius 2 is 2.00 bits per heavy atom. The number of aromatic nitrogens is 1. The monoisotopic (exact) mass is 322 g/mol. The molecule has 1 unspecified atom stereocenters. The third kappa shape index (κ3) is 4.48. The highest BCUT2D eigenvalue weighted by atomic mass is 19.1. The highest BCUT2D eigenvalue weighted by Crippen LogP contribution is 2.21. The summed E-state index contributed by atoms with van der Waals surface area (Å²) in [5.74, 6) is -0.826. The number of nitrogens with two attached hydrogens (primary N) is 1. The zero-order valence-electron chi connectivity index (χ0n) is 13.5. The van der Waals surface area contributed by atoms with Gasteiger partial charge >= 0.3 is 0 Å². The van der Waals surface area contributed by atoms with Gasteiger partial charge in [-0.05, 0) is 44.7 Å². The van der Waals surface area contributed by atoms with E-state index >= 15 is 0 Å². The van der Waals surface area contributed by atoms with Gasteiger partial charge in [0.05, 0.1) is 6.04 Å². The zero-order valence-corrected chi connectivity index (χ0v) is 13.5. The number of nitrogens with one attached hydrogen (secondary N) is 1. The second kappa shape index (κ2) is 7.50. The number of pyridine rings is 1. The molecule has 1 aromatic rings. The minimum absolute atomic E-state index is 0.0379. The van der Waals surface area contributed by atoms with Crippen LogP contribution in [0.25, 0.3) is 0 Å². The molecule has 2 amide bonds. The summed E-state index contributed by atoms with van der Waals surface area (Å²) >= 11 is 0. The first-order valence-corrected chi connectivity index (χ1v) is 7.86. The summed E-state index contributed by atoms with van der Waals surface area (Å²) < 4.78 is 13.1. The normalized spacial score (nSPS) is 18.3. The summed E-state index contributed by atoms with van der Waals surface area (Å²) in [6.07, 6.45) is 1.60. The summed E-state index contributed by atoms with van der Waals surface area (Å²) in [6, 6.07) is 3.59. The lowest BCUT2D eigenvalue weighted by molar-refractivity contribution is -0.133. The molecule has 3 N–H and O–H groups in total. The fraction of sp³-hybridized carbons (Fsp3) is 0.562. The van der Waals surface area contributed by atoms with Gasteiger partial charge in [0.15, 0.2) is 0 Å². The molecule has 1 saturated heterocycles. The van der Waals surface area contributed by atoms with E-state index in [0.29, 0.717) is 13.1 Å². The van der Waals surface area contributed by atoms with Crippen molar-refractivity contribution < 1.29 is 14.0 Å². The van der Waals surface area contributed by atoms with E-state index < -0.39 is 12.0 Å². The third-order valence-corrected chi connectivity index (χ3v) is 4.25. The van der Waals surface area contributed by atoms with Gasteiger partial charge in [-0.25, -0.2) is 4.98 Å². The van der Waals surface area contributed by atoms with Gasteiger partial charge in [-0.3, -0.25) is 9.59 Å². The number of hydrogen-bond acceptors (Lipinski definition) is 4. The van der Waals surface area contributed by atoms with Gasteiger partial charge in [0.2, 0.25) is 11.9 Å². The van der Waals surface area contributed by atoms with Gasteiger partial charge in [0.1, 0.15) is 5.69 Å². The van der Waals surface area contributed by atoms with Crippen LogP contribution in [0.4, 0.5) is 4.39 Å². The average Bonchev–Trinajstić information content (AvgIpc) is 2.54. The van der Waals surface area contributed by atoms with Crippen molar-refractivity contribution in [1.29, 1.82) is 0 Å². The minimum atomic E-state index is -0.673. The molecule has 0 bridgehead atoms. The van der Waals surface area contributed by atoms with E-state index in [1.54, 1.807) is 11.8 Å². The maximum atomic E-state index is 13.1. The molecule has 1 aliphatic rings. The molecule has 23 heavy (non-hydrogen) atoms. The SMILES string of the molecule is CC(NC(=O)c1cccc(F)n1)C1CCN(C(=O)[C@H](C)N)CC1. The lowest BCUT2D eigenvalue weighted by Crippen LogP contribution is -2.49. The van der Waals surface area contributed by atoms with Gasteiger partial charge in [0, 0.05) is 19.1 Å². The summed E-state index contributed by atoms with van der Waals surface area (Å²) in [7, 11) is 0. The lowest BCUT2D eigenvalue weighted by atomic mass is 9.90. The van der Waals surface area contributed by atoms with Gasteiger partial charge in [0.25, 0.3) is 5.91 Å². The smallest absolute Gasteiger partial charge is 0.270 e. The number of piperidine rings is 1. The molecule has 1 aliphatic heterocycles. The number of amides is 2. The van der Waals surface area contributed by atoms with E-state index in [1.807, 2.05) is 6.92 Å². The molecule has 6 nitrogen and oxygen atoms in total. The Labute approximate surface area is 135 Å². The van der Waals surface area contributed by atoms with Crippen LogP contribution in [-0.4, -0.2) is 46.9 Å². The van der Waals surface area contributed by atoms with Crippen molar-refractivity contribution in [2.45, 2.75) is 38.8 Å². The van der Waals surface area contributed by atoms with E-state index in [9.17, 15) is 14.0 Å². The van der Waals surface area contributed by atoms with Gasteiger partial charge in [-0.1, -0.05) is 6.07 Å². The van der Waals surface area contributed by atoms with Gasteiger partial charge in [-0.2, -0.15) is 4.39 Å². The molecule has 1 fully saturated rings. The van der Waals surface area contributed by atoms with Crippen molar-refractivity contribution in [3.63, 3.8) is 0 Å². The fourth-order valence-electron chi connectivity index (χ4n) is 2.84. The Bertz CT molecular complexity index is 571. The fourth-order valence-corrected chi connectivity index (χ4v) is 2.84. The molecule has 2 heterocycles. The van der Waals surface area contributed by atoms with Crippen LogP contribution < -0.4 is 11.1 Å². The molecule has 2 atom stereocenters. The van der Waals surface area contributed by atoms with E-state index in [-0.39, 0.29) is 29.5 Å². The number of halogens is 1. The molecule has 0 aromatic carbocycles. The first kappa shape index (κ1) is 17.3. The highest BCUT2D eigenvalue weighted by molar-refractivity contribution is 5.92. The van der Waals surface area contributed by atoms with E-state index in [2.05, 4.69) is 10.3 Å². The molecular formula is C16H23FN4O2. The van der Waals surface area contributed by atoms with Crippen LogP contribution in [0, 0.1) is 11.9 Å². The minimum Gasteiger partial charge on any atom is -0.348 e. The summed E-state index contributed by atoms with van der Waals surface area (Å²) in [5, 5.41) is 2.86. The van der Waals surface area contributed by atoms with Crippen molar-refractivity contribution >= 4 is 11.8 Å². The van der Waals surface area contributed by atoms with E-state index in [4.69, 9.17) is 5.73 Å². The lowest BCUT2D eigenvalue weighted by Gasteiger charge is -2.35. The van der Waals surface area contributed by atoms with Crippen molar-refractivity contribution in [3.05, 3.63) is 29.8 Å². The van der Waals surface area contributed by atoms with Crippen LogP contribution in [0.5, 0.6) is 0 Å². The number of carbonyl (C=O) groups excluding carboxylic acids is 2. The zero-order chi connectivity index (χ0) is 17.0. The Kier molecular flexibility index (Phi) is 5.65. The molecule has 0 radical (unpaired) electrons. The summed E-state index contributed by atoms with van der Waals surface area (Å²) in [6.45, 7) is 4.89. The number of rotatable bonds is 4. The highest BCUT2D eigenvalue weighted by Gasteiger charge is 2.28. The van der Waals surface area contributed by atoms with Crippen molar-refractivity contribution in [2.75, 3.05) is 13.1 Å². The number of likely N-dealkylation sites (tertiary alicyclic amines) is 1. The van der Waals surface area contributed by atoms with E-state index in [1.165, 1.54) is 18.2 Å². The molecule has 126 valence electrons. The van der Waals surface area contributed by atoms with Crippen LogP contribution in [-0.2, 0) is 4.79 Å². The van der Waals surface area contributed by atoms with Crippen LogP contribution in [0.2, 0.25) is 0 Å². The van der Waals surface area contributed by atoms with Crippen LogP contribution in [0.1, 0.15) is 37.2 Å². The molecule has 0 aliphatic carbocycles. The summed E-state index contributed by atoms with van der Waals surface area (Å²) in [4.78, 5) is 29.3. The Balaban J connectivity index is 1.86. The van der Waals surface area contributed by atoms with Gasteiger partial charge < -0.3 is 16.0 Å². The first-order chi connectivity index (χ1) is 10.9. The molecule has 2 rings (SSSR count). The molecule has 0 spiro atoms. The number of carbonyl (C=O) groups is 2. The van der Waals surface area contributed by atoms with Crippen molar-refractivity contribution in [2.24, 2.45) is 11.7 Å². The predicted molar refractivity (Wildman–Crippen MR) is 84.1 cm³/mol. The Morgan fingerprint density at radius 3 is 2.57 bits per heavy atom. The van der Waals surface area contributed by atoms with Crippen LogP contribution >= 0.6 is 0 Å². The molecule has 7 heteroatoms. The molecule has 0 saturated carbocycles. The van der Waals surface area contributed by atoms with Crippen LogP contribution in [0.3, 0.4) is 0 Å². The number of hydrogen-bond donors (Lipinski definition) is 2. The van der Waals surface area contributed by atoms with Crippen molar-refractivity contribution in [3.8, 4) is 0 Å². The van der Waals surface area contributed by atoms with E-state index in [0.717, 1.165) is 12.8 Å². The molecular weight excluding hydrogens is 299 g/mol. The maximum absolute atomic E-state index is 13.1. The molecule has 1 aromatic heterocycles. The number of nitrogens with zero attached hydrogens (tertiary/aromatic N) is 2. The quantitative estimate of drug-likeness (QED) is 0.807. The van der Waals surface area contributed by atoms with Crippen LogP contribution in [0.15, 0.2) is 18.2 Å². The Hall–Kier alpha value is -2.02. The second-order valence-corrected chi connectivity index (χ2v) is 6.06. The van der Waals surface area contributed by atoms with Crippen molar-refractivity contribution in [1.82, 2.24) is 15.2 Å². The van der Waals surface area contributed by atoms with Gasteiger partial charge in [-0.15, -0.1) is 0 Å². The third-order valence-electron chi connectivity index (χ3n) is 4.25. The second-order valence-electron chi connectivity index (χ2n) is 6.06. The first-order valence-electron chi connectivity index (χ1n) is 7.86. The predicted octanol–water partition coefficient (Wildman–Crippen LogP) is 0.925. The largest absolute Gasteiger partial charge is 0.348 e.